The summed E-state index contributed by atoms with van der Waals surface area (Å²) < 4.78 is 5.62. The molecule has 1 aromatic carbocycles. The average Bonchev–Trinajstić information content (AvgIpc) is 2.54. The fourth-order valence-electron chi connectivity index (χ4n) is 2.92. The Kier molecular flexibility index (Phi) is 5.80. The number of carbonyl (C=O) groups is 1. The highest BCUT2D eigenvalue weighted by Crippen LogP contribution is 2.30. The zero-order valence-electron chi connectivity index (χ0n) is 13.5. The largest absolute Gasteiger partial charge is 0.483 e. The van der Waals surface area contributed by atoms with Gasteiger partial charge in [-0.3, -0.25) is 9.69 Å². The molecule has 5 heteroatoms. The van der Waals surface area contributed by atoms with Crippen molar-refractivity contribution in [1.29, 1.82) is 0 Å². The predicted molar refractivity (Wildman–Crippen MR) is 85.7 cm³/mol. The first kappa shape index (κ1) is 16.8. The Morgan fingerprint density at radius 3 is 2.95 bits per heavy atom. The van der Waals surface area contributed by atoms with Crippen molar-refractivity contribution in [2.45, 2.75) is 26.3 Å². The topological polar surface area (TPSA) is 61.8 Å². The molecule has 2 rings (SSSR count). The molecule has 1 saturated heterocycles. The molecule has 0 aliphatic carbocycles. The second-order valence-electron chi connectivity index (χ2n) is 6.35. The van der Waals surface area contributed by atoms with Crippen LogP contribution in [0.4, 0.5) is 0 Å². The Hall–Kier alpha value is -1.59. The first-order chi connectivity index (χ1) is 10.6. The SMILES string of the molecule is CNC(=O)COc1ccccc1CN1CCCC(C)(CO)C1. The number of hydrogen-bond donors (Lipinski definition) is 2. The molecule has 5 nitrogen and oxygen atoms in total. The Morgan fingerprint density at radius 2 is 2.23 bits per heavy atom. The van der Waals surface area contributed by atoms with Crippen LogP contribution in [0.2, 0.25) is 0 Å². The quantitative estimate of drug-likeness (QED) is 0.834. The van der Waals surface area contributed by atoms with E-state index >= 15 is 0 Å². The molecule has 0 spiro atoms. The van der Waals surface area contributed by atoms with Gasteiger partial charge in [-0.1, -0.05) is 25.1 Å². The maximum Gasteiger partial charge on any atom is 0.257 e. The van der Waals surface area contributed by atoms with E-state index in [1.165, 1.54) is 0 Å². The van der Waals surface area contributed by atoms with Crippen molar-refractivity contribution in [2.24, 2.45) is 5.41 Å². The summed E-state index contributed by atoms with van der Waals surface area (Å²) in [4.78, 5) is 13.7. The lowest BCUT2D eigenvalue weighted by atomic mass is 9.82. The molecule has 1 aliphatic heterocycles. The minimum atomic E-state index is -0.138. The summed E-state index contributed by atoms with van der Waals surface area (Å²) >= 11 is 0. The number of nitrogens with one attached hydrogen (secondary N) is 1. The number of para-hydroxylation sites is 1. The van der Waals surface area contributed by atoms with Crippen LogP contribution < -0.4 is 10.1 Å². The number of nitrogens with zero attached hydrogens (tertiary/aromatic N) is 1. The van der Waals surface area contributed by atoms with Gasteiger partial charge in [0.15, 0.2) is 6.61 Å². The van der Waals surface area contributed by atoms with Gasteiger partial charge in [0.2, 0.25) is 0 Å². The summed E-state index contributed by atoms with van der Waals surface area (Å²) in [6.07, 6.45) is 2.16. The van der Waals surface area contributed by atoms with Gasteiger partial charge in [-0.15, -0.1) is 0 Å². The van der Waals surface area contributed by atoms with Crippen molar-refractivity contribution in [1.82, 2.24) is 10.2 Å². The number of aliphatic hydroxyl groups is 1. The summed E-state index contributed by atoms with van der Waals surface area (Å²) in [5.74, 6) is 0.614. The number of carbonyl (C=O) groups excluding carboxylic acids is 1. The minimum Gasteiger partial charge on any atom is -0.483 e. The van der Waals surface area contributed by atoms with Crippen molar-refractivity contribution in [3.05, 3.63) is 29.8 Å². The lowest BCUT2D eigenvalue weighted by Gasteiger charge is -2.39. The highest BCUT2D eigenvalue weighted by atomic mass is 16.5. The van der Waals surface area contributed by atoms with Crippen molar-refractivity contribution in [3.8, 4) is 5.75 Å². The summed E-state index contributed by atoms with van der Waals surface area (Å²) in [6, 6.07) is 7.82. The third-order valence-electron chi connectivity index (χ3n) is 4.25. The molecular formula is C17H26N2O3. The second kappa shape index (κ2) is 7.61. The summed E-state index contributed by atoms with van der Waals surface area (Å²) in [5.41, 5.74) is 1.06. The van der Waals surface area contributed by atoms with Gasteiger partial charge in [0.1, 0.15) is 5.75 Å². The predicted octanol–water partition coefficient (Wildman–Crippen LogP) is 1.41. The number of hydrogen-bond acceptors (Lipinski definition) is 4. The van der Waals surface area contributed by atoms with E-state index in [-0.39, 0.29) is 24.5 Å². The van der Waals surface area contributed by atoms with Gasteiger partial charge in [-0.25, -0.2) is 0 Å². The molecule has 0 saturated carbocycles. The van der Waals surface area contributed by atoms with Crippen molar-refractivity contribution in [2.75, 3.05) is 33.4 Å². The maximum absolute atomic E-state index is 11.3. The van der Waals surface area contributed by atoms with Crippen LogP contribution in [0, 0.1) is 5.41 Å². The van der Waals surface area contributed by atoms with Crippen LogP contribution >= 0.6 is 0 Å². The number of rotatable bonds is 6. The van der Waals surface area contributed by atoms with Gasteiger partial charge >= 0.3 is 0 Å². The average molecular weight is 306 g/mol. The van der Waals surface area contributed by atoms with E-state index in [9.17, 15) is 9.90 Å². The van der Waals surface area contributed by atoms with Gasteiger partial charge in [0.05, 0.1) is 0 Å². The summed E-state index contributed by atoms with van der Waals surface area (Å²) in [6.45, 7) is 5.07. The molecule has 1 unspecified atom stereocenters. The highest BCUT2D eigenvalue weighted by Gasteiger charge is 2.30. The Labute approximate surface area is 132 Å². The molecule has 1 aromatic rings. The smallest absolute Gasteiger partial charge is 0.257 e. The minimum absolute atomic E-state index is 0.0177. The number of piperidine rings is 1. The molecule has 0 radical (unpaired) electrons. The van der Waals surface area contributed by atoms with E-state index in [0.29, 0.717) is 0 Å². The van der Waals surface area contributed by atoms with E-state index in [2.05, 4.69) is 17.1 Å². The number of likely N-dealkylation sites (tertiary alicyclic amines) is 1. The van der Waals surface area contributed by atoms with E-state index in [0.717, 1.165) is 43.8 Å². The lowest BCUT2D eigenvalue weighted by molar-refractivity contribution is -0.122. The van der Waals surface area contributed by atoms with Gasteiger partial charge in [-0.2, -0.15) is 0 Å². The molecule has 1 heterocycles. The molecule has 1 amide bonds. The second-order valence-corrected chi connectivity index (χ2v) is 6.35. The molecule has 22 heavy (non-hydrogen) atoms. The van der Waals surface area contributed by atoms with Crippen LogP contribution in [0.5, 0.6) is 5.75 Å². The zero-order chi connectivity index (χ0) is 16.0. The summed E-state index contributed by atoms with van der Waals surface area (Å²) in [5, 5.41) is 12.1. The van der Waals surface area contributed by atoms with E-state index < -0.39 is 0 Å². The number of ether oxygens (including phenoxy) is 1. The molecular weight excluding hydrogens is 280 g/mol. The standard InChI is InChI=1S/C17H26N2O3/c1-17(13-20)8-5-9-19(12-17)10-14-6-3-4-7-15(14)22-11-16(21)18-2/h3-4,6-7,20H,5,8-13H2,1-2H3,(H,18,21). The zero-order valence-corrected chi connectivity index (χ0v) is 13.5. The van der Waals surface area contributed by atoms with E-state index in [4.69, 9.17) is 4.74 Å². The van der Waals surface area contributed by atoms with Crippen LogP contribution in [0.3, 0.4) is 0 Å². The van der Waals surface area contributed by atoms with Gasteiger partial charge < -0.3 is 15.2 Å². The monoisotopic (exact) mass is 306 g/mol. The third-order valence-corrected chi connectivity index (χ3v) is 4.25. The number of benzene rings is 1. The Morgan fingerprint density at radius 1 is 1.45 bits per heavy atom. The Bertz CT molecular complexity index is 506. The molecule has 0 bridgehead atoms. The normalized spacial score (nSPS) is 22.3. The van der Waals surface area contributed by atoms with E-state index in [1.807, 2.05) is 24.3 Å². The molecule has 0 aromatic heterocycles. The lowest BCUT2D eigenvalue weighted by Crippen LogP contribution is -2.43. The molecule has 1 aliphatic rings. The fourth-order valence-corrected chi connectivity index (χ4v) is 2.92. The summed E-state index contributed by atoms with van der Waals surface area (Å²) in [7, 11) is 1.60. The number of amides is 1. The van der Waals surface area contributed by atoms with Gasteiger partial charge in [-0.05, 0) is 25.5 Å². The molecule has 1 atom stereocenters. The van der Waals surface area contributed by atoms with Crippen molar-refractivity contribution >= 4 is 5.91 Å². The molecule has 2 N–H and O–H groups in total. The molecule has 1 fully saturated rings. The Balaban J connectivity index is 2.01. The third kappa shape index (κ3) is 4.45. The number of aliphatic hydroxyl groups excluding tert-OH is 1. The first-order valence-electron chi connectivity index (χ1n) is 7.81. The van der Waals surface area contributed by atoms with Gasteiger partial charge in [0, 0.05) is 37.7 Å². The van der Waals surface area contributed by atoms with Crippen LogP contribution in [0.25, 0.3) is 0 Å². The van der Waals surface area contributed by atoms with Gasteiger partial charge in [0.25, 0.3) is 5.91 Å². The van der Waals surface area contributed by atoms with E-state index in [1.54, 1.807) is 7.05 Å². The molecule has 122 valence electrons. The van der Waals surface area contributed by atoms with Crippen molar-refractivity contribution in [3.63, 3.8) is 0 Å². The first-order valence-corrected chi connectivity index (χ1v) is 7.81. The highest BCUT2D eigenvalue weighted by molar-refractivity contribution is 5.77. The van der Waals surface area contributed by atoms with Crippen LogP contribution in [0.1, 0.15) is 25.3 Å². The fraction of sp³-hybridized carbons (Fsp3) is 0.588. The van der Waals surface area contributed by atoms with Crippen LogP contribution in [-0.2, 0) is 11.3 Å². The van der Waals surface area contributed by atoms with Crippen molar-refractivity contribution < 1.29 is 14.6 Å². The van der Waals surface area contributed by atoms with Crippen LogP contribution in [0.15, 0.2) is 24.3 Å². The maximum atomic E-state index is 11.3. The number of likely N-dealkylation sites (N-methyl/N-ethyl adjacent to an activating group) is 1. The van der Waals surface area contributed by atoms with Crippen LogP contribution in [-0.4, -0.2) is 49.3 Å².